The molecule has 6 nitrogen and oxygen atoms in total. The number of para-hydroxylation sites is 1. The zero-order valence-corrected chi connectivity index (χ0v) is 13.9. The monoisotopic (exact) mass is 345 g/mol. The standard InChI is InChI=1S/C18H16FNO5/c1-11(21)12-8-6-9-14(19)15(12)20-10-5-4-7-13(17(22)24-2)16(20)18(23)25-3/h4-10H,1-3H3. The molecule has 0 amide bonds. The molecule has 1 aromatic rings. The van der Waals surface area contributed by atoms with Crippen LogP contribution in [0.2, 0.25) is 0 Å². The number of nitrogens with zero attached hydrogens (tertiary/aromatic N) is 1. The van der Waals surface area contributed by atoms with Gasteiger partial charge in [0.2, 0.25) is 0 Å². The highest BCUT2D eigenvalue weighted by Gasteiger charge is 2.30. The first-order valence-electron chi connectivity index (χ1n) is 7.26. The summed E-state index contributed by atoms with van der Waals surface area (Å²) in [4.78, 5) is 37.4. The Kier molecular flexibility index (Phi) is 5.49. The number of carbonyl (C=O) groups excluding carboxylic acids is 3. The number of ether oxygens (including phenoxy) is 2. The third-order valence-corrected chi connectivity index (χ3v) is 3.50. The number of allylic oxidation sites excluding steroid dienone is 2. The third-order valence-electron chi connectivity index (χ3n) is 3.50. The van der Waals surface area contributed by atoms with Crippen LogP contribution in [0.1, 0.15) is 17.3 Å². The number of esters is 2. The molecule has 0 fully saturated rings. The van der Waals surface area contributed by atoms with E-state index in [1.807, 2.05) is 0 Å². The van der Waals surface area contributed by atoms with Gasteiger partial charge < -0.3 is 14.4 Å². The number of halogens is 1. The van der Waals surface area contributed by atoms with Crippen LogP contribution in [-0.2, 0) is 19.1 Å². The van der Waals surface area contributed by atoms with E-state index in [0.717, 1.165) is 25.2 Å². The predicted molar refractivity (Wildman–Crippen MR) is 88.2 cm³/mol. The van der Waals surface area contributed by atoms with Crippen molar-refractivity contribution < 1.29 is 28.2 Å². The van der Waals surface area contributed by atoms with Crippen molar-refractivity contribution >= 4 is 23.4 Å². The first-order valence-corrected chi connectivity index (χ1v) is 7.26. The molecule has 0 saturated heterocycles. The van der Waals surface area contributed by atoms with Crippen molar-refractivity contribution in [3.63, 3.8) is 0 Å². The van der Waals surface area contributed by atoms with Crippen LogP contribution < -0.4 is 4.90 Å². The summed E-state index contributed by atoms with van der Waals surface area (Å²) in [5.74, 6) is -2.81. The summed E-state index contributed by atoms with van der Waals surface area (Å²) in [5.41, 5.74) is -0.488. The summed E-state index contributed by atoms with van der Waals surface area (Å²) >= 11 is 0. The first kappa shape index (κ1) is 18.1. The molecule has 0 spiro atoms. The first-order chi connectivity index (χ1) is 11.9. The Morgan fingerprint density at radius 1 is 1.04 bits per heavy atom. The molecule has 25 heavy (non-hydrogen) atoms. The quantitative estimate of drug-likeness (QED) is 0.617. The Morgan fingerprint density at radius 2 is 1.72 bits per heavy atom. The number of hydrogen-bond donors (Lipinski definition) is 0. The van der Waals surface area contributed by atoms with Crippen LogP contribution in [0.5, 0.6) is 0 Å². The van der Waals surface area contributed by atoms with E-state index in [9.17, 15) is 18.8 Å². The van der Waals surface area contributed by atoms with Crippen LogP contribution in [-0.4, -0.2) is 31.9 Å². The van der Waals surface area contributed by atoms with Crippen LogP contribution in [0.3, 0.4) is 0 Å². The van der Waals surface area contributed by atoms with Gasteiger partial charge in [0.15, 0.2) is 5.78 Å². The van der Waals surface area contributed by atoms with Gasteiger partial charge in [-0.1, -0.05) is 12.1 Å². The second-order valence-corrected chi connectivity index (χ2v) is 5.01. The summed E-state index contributed by atoms with van der Waals surface area (Å²) in [6.07, 6.45) is 5.70. The number of carbonyl (C=O) groups is 3. The van der Waals surface area contributed by atoms with Crippen LogP contribution in [0.25, 0.3) is 0 Å². The van der Waals surface area contributed by atoms with Crippen LogP contribution >= 0.6 is 0 Å². The highest BCUT2D eigenvalue weighted by Crippen LogP contribution is 2.31. The number of ketones is 1. The molecular weight excluding hydrogens is 329 g/mol. The second kappa shape index (κ2) is 7.57. The van der Waals surface area contributed by atoms with Crippen molar-refractivity contribution in [3.05, 3.63) is 65.3 Å². The molecule has 0 aliphatic carbocycles. The number of hydrogen-bond acceptors (Lipinski definition) is 6. The van der Waals surface area contributed by atoms with Crippen LogP contribution in [0.4, 0.5) is 10.1 Å². The molecule has 0 N–H and O–H groups in total. The van der Waals surface area contributed by atoms with Crippen LogP contribution in [0, 0.1) is 5.82 Å². The fraction of sp³-hybridized carbons (Fsp3) is 0.167. The lowest BCUT2D eigenvalue weighted by molar-refractivity contribution is -0.139. The summed E-state index contributed by atoms with van der Waals surface area (Å²) < 4.78 is 24.0. The van der Waals surface area contributed by atoms with Gasteiger partial charge in [-0.25, -0.2) is 14.0 Å². The van der Waals surface area contributed by atoms with Crippen molar-refractivity contribution in [2.75, 3.05) is 19.1 Å². The molecule has 0 aromatic heterocycles. The molecule has 1 aliphatic heterocycles. The minimum atomic E-state index is -0.880. The van der Waals surface area contributed by atoms with Crippen molar-refractivity contribution in [1.29, 1.82) is 0 Å². The molecule has 1 heterocycles. The number of rotatable bonds is 4. The fourth-order valence-electron chi connectivity index (χ4n) is 2.38. The lowest BCUT2D eigenvalue weighted by Crippen LogP contribution is -2.28. The van der Waals surface area contributed by atoms with Gasteiger partial charge in [0.25, 0.3) is 0 Å². The maximum atomic E-state index is 14.5. The van der Waals surface area contributed by atoms with Gasteiger partial charge >= 0.3 is 11.9 Å². The lowest BCUT2D eigenvalue weighted by atomic mass is 10.1. The molecular formula is C18H16FNO5. The highest BCUT2D eigenvalue weighted by molar-refractivity contribution is 6.07. The molecule has 1 aromatic carbocycles. The van der Waals surface area contributed by atoms with E-state index in [0.29, 0.717) is 0 Å². The largest absolute Gasteiger partial charge is 0.465 e. The van der Waals surface area contributed by atoms with Gasteiger partial charge in [-0.2, -0.15) is 0 Å². The van der Waals surface area contributed by atoms with Gasteiger partial charge in [0.05, 0.1) is 25.5 Å². The van der Waals surface area contributed by atoms with Gasteiger partial charge in [-0.3, -0.25) is 4.79 Å². The molecule has 0 saturated carbocycles. The summed E-state index contributed by atoms with van der Waals surface area (Å²) in [6.45, 7) is 1.28. The van der Waals surface area contributed by atoms with Gasteiger partial charge in [0.1, 0.15) is 11.5 Å². The molecule has 7 heteroatoms. The Labute approximate surface area is 143 Å². The van der Waals surface area contributed by atoms with Crippen molar-refractivity contribution in [2.45, 2.75) is 6.92 Å². The normalized spacial score (nSPS) is 13.5. The van der Waals surface area contributed by atoms with E-state index in [1.54, 1.807) is 0 Å². The molecule has 0 atom stereocenters. The third kappa shape index (κ3) is 3.50. The number of anilines is 1. The van der Waals surface area contributed by atoms with Crippen LogP contribution in [0.15, 0.2) is 53.9 Å². The zero-order valence-electron chi connectivity index (χ0n) is 13.9. The Morgan fingerprint density at radius 3 is 2.32 bits per heavy atom. The minimum Gasteiger partial charge on any atom is -0.465 e. The summed E-state index contributed by atoms with van der Waals surface area (Å²) in [5, 5.41) is 0. The zero-order chi connectivity index (χ0) is 18.6. The van der Waals surface area contributed by atoms with Gasteiger partial charge in [0, 0.05) is 11.8 Å². The predicted octanol–water partition coefficient (Wildman–Crippen LogP) is 2.52. The van der Waals surface area contributed by atoms with Crippen molar-refractivity contribution in [3.8, 4) is 0 Å². The Hall–Kier alpha value is -3.22. The SMILES string of the molecule is COC(=O)C1=C(C(=O)OC)N(c2c(F)cccc2C(C)=O)C=CC=C1. The fourth-order valence-corrected chi connectivity index (χ4v) is 2.38. The van der Waals surface area contributed by atoms with E-state index >= 15 is 0 Å². The van der Waals surface area contributed by atoms with E-state index in [1.165, 1.54) is 43.5 Å². The van der Waals surface area contributed by atoms with E-state index in [4.69, 9.17) is 9.47 Å². The topological polar surface area (TPSA) is 72.9 Å². The maximum Gasteiger partial charge on any atom is 0.355 e. The highest BCUT2D eigenvalue weighted by atomic mass is 19.1. The van der Waals surface area contributed by atoms with Crippen molar-refractivity contribution in [1.82, 2.24) is 0 Å². The lowest BCUT2D eigenvalue weighted by Gasteiger charge is -2.25. The number of methoxy groups -OCH3 is 2. The molecule has 1 aliphatic rings. The molecule has 130 valence electrons. The molecule has 2 rings (SSSR count). The minimum absolute atomic E-state index is 0.0529. The Balaban J connectivity index is 2.81. The molecule has 0 bridgehead atoms. The number of Topliss-reactive ketones (excluding diaryl/α,β-unsaturated/α-hetero) is 1. The van der Waals surface area contributed by atoms with Crippen molar-refractivity contribution in [2.24, 2.45) is 0 Å². The van der Waals surface area contributed by atoms with Gasteiger partial charge in [-0.15, -0.1) is 0 Å². The summed E-state index contributed by atoms with van der Waals surface area (Å²) in [7, 11) is 2.29. The van der Waals surface area contributed by atoms with E-state index < -0.39 is 23.5 Å². The van der Waals surface area contributed by atoms with E-state index in [2.05, 4.69) is 0 Å². The molecule has 0 radical (unpaired) electrons. The smallest absolute Gasteiger partial charge is 0.355 e. The summed E-state index contributed by atoms with van der Waals surface area (Å²) in [6, 6.07) is 3.97. The average Bonchev–Trinajstić information content (AvgIpc) is 2.82. The second-order valence-electron chi connectivity index (χ2n) is 5.01. The van der Waals surface area contributed by atoms with E-state index in [-0.39, 0.29) is 22.5 Å². The number of benzene rings is 1. The maximum absolute atomic E-state index is 14.5. The average molecular weight is 345 g/mol. The van der Waals surface area contributed by atoms with Gasteiger partial charge in [-0.05, 0) is 31.2 Å². The Bertz CT molecular complexity index is 823. The molecule has 0 unspecified atom stereocenters.